The van der Waals surface area contributed by atoms with Crippen LogP contribution in [0, 0.1) is 5.92 Å². The van der Waals surface area contributed by atoms with Gasteiger partial charge in [0.25, 0.3) is 0 Å². The lowest BCUT2D eigenvalue weighted by Gasteiger charge is -2.29. The quantitative estimate of drug-likeness (QED) is 0.539. The van der Waals surface area contributed by atoms with Crippen LogP contribution in [0.5, 0.6) is 11.5 Å². The molecular weight excluding hydrogens is 328 g/mol. The highest BCUT2D eigenvalue weighted by molar-refractivity contribution is 6.03. The lowest BCUT2D eigenvalue weighted by atomic mass is 9.86. The van der Waals surface area contributed by atoms with Gasteiger partial charge in [-0.25, -0.2) is 0 Å². The molecule has 1 fully saturated rings. The van der Waals surface area contributed by atoms with Crippen molar-refractivity contribution < 1.29 is 19.0 Å². The van der Waals surface area contributed by atoms with E-state index in [4.69, 9.17) is 14.2 Å². The monoisotopic (exact) mass is 354 g/mol. The SMILES string of the molecule is CCCCOc1ccc(/C=C2\COC3C=CC=CC3C2=O)cc1OCC. The van der Waals surface area contributed by atoms with Crippen LogP contribution in [-0.4, -0.2) is 31.7 Å². The van der Waals surface area contributed by atoms with E-state index >= 15 is 0 Å². The summed E-state index contributed by atoms with van der Waals surface area (Å²) in [7, 11) is 0. The Morgan fingerprint density at radius 2 is 2.00 bits per heavy atom. The summed E-state index contributed by atoms with van der Waals surface area (Å²) in [6, 6.07) is 5.79. The highest BCUT2D eigenvalue weighted by Gasteiger charge is 2.33. The molecule has 1 aromatic rings. The Bertz CT molecular complexity index is 730. The largest absolute Gasteiger partial charge is 0.490 e. The molecule has 4 heteroatoms. The van der Waals surface area contributed by atoms with Crippen LogP contribution < -0.4 is 9.47 Å². The smallest absolute Gasteiger partial charge is 0.170 e. The Balaban J connectivity index is 1.79. The molecule has 0 N–H and O–H groups in total. The number of benzene rings is 1. The molecule has 0 saturated carbocycles. The molecule has 138 valence electrons. The van der Waals surface area contributed by atoms with Crippen molar-refractivity contribution in [3.8, 4) is 11.5 Å². The van der Waals surface area contributed by atoms with Crippen LogP contribution in [0.1, 0.15) is 32.3 Å². The number of carbonyl (C=O) groups is 1. The zero-order valence-corrected chi connectivity index (χ0v) is 15.4. The van der Waals surface area contributed by atoms with E-state index in [2.05, 4.69) is 6.92 Å². The fourth-order valence-electron chi connectivity index (χ4n) is 3.10. The van der Waals surface area contributed by atoms with Gasteiger partial charge in [-0.2, -0.15) is 0 Å². The van der Waals surface area contributed by atoms with Crippen molar-refractivity contribution in [1.82, 2.24) is 0 Å². The molecule has 0 radical (unpaired) electrons. The van der Waals surface area contributed by atoms with Gasteiger partial charge in [-0.1, -0.05) is 43.7 Å². The number of unbranched alkanes of at least 4 members (excludes halogenated alkanes) is 1. The third-order valence-electron chi connectivity index (χ3n) is 4.50. The van der Waals surface area contributed by atoms with Crippen molar-refractivity contribution in [3.05, 3.63) is 53.6 Å². The van der Waals surface area contributed by atoms with Crippen LogP contribution >= 0.6 is 0 Å². The highest BCUT2D eigenvalue weighted by Crippen LogP contribution is 2.31. The van der Waals surface area contributed by atoms with Crippen molar-refractivity contribution in [2.24, 2.45) is 5.92 Å². The summed E-state index contributed by atoms with van der Waals surface area (Å²) in [5.41, 5.74) is 1.60. The zero-order valence-electron chi connectivity index (χ0n) is 15.4. The maximum Gasteiger partial charge on any atom is 0.170 e. The van der Waals surface area contributed by atoms with Gasteiger partial charge >= 0.3 is 0 Å². The molecule has 1 aliphatic heterocycles. The number of ketones is 1. The summed E-state index contributed by atoms with van der Waals surface area (Å²) in [6.07, 6.45) is 11.5. The van der Waals surface area contributed by atoms with Gasteiger partial charge in [-0.05, 0) is 37.1 Å². The van der Waals surface area contributed by atoms with Crippen LogP contribution in [0.15, 0.2) is 48.1 Å². The molecular formula is C22H26O4. The maximum absolute atomic E-state index is 12.7. The van der Waals surface area contributed by atoms with Gasteiger partial charge < -0.3 is 14.2 Å². The van der Waals surface area contributed by atoms with E-state index in [1.54, 1.807) is 0 Å². The average molecular weight is 354 g/mol. The standard InChI is InChI=1S/C22H26O4/c1-3-5-12-25-20-11-10-16(14-21(20)24-4-2)13-17-15-26-19-9-7-6-8-18(19)22(17)23/h6-11,13-14,18-19H,3-5,12,15H2,1-2H3/b17-13+. The minimum atomic E-state index is -0.219. The number of ether oxygens (including phenoxy) is 3. The lowest BCUT2D eigenvalue weighted by Crippen LogP contribution is -2.36. The first kappa shape index (κ1) is 18.5. The van der Waals surface area contributed by atoms with E-state index in [-0.39, 0.29) is 17.8 Å². The van der Waals surface area contributed by atoms with Gasteiger partial charge in [0.1, 0.15) is 0 Å². The molecule has 4 nitrogen and oxygen atoms in total. The Morgan fingerprint density at radius 1 is 1.15 bits per heavy atom. The van der Waals surface area contributed by atoms with Crippen molar-refractivity contribution >= 4 is 11.9 Å². The van der Waals surface area contributed by atoms with E-state index in [9.17, 15) is 4.79 Å². The third-order valence-corrected chi connectivity index (χ3v) is 4.50. The van der Waals surface area contributed by atoms with Crippen LogP contribution in [0.2, 0.25) is 0 Å². The van der Waals surface area contributed by atoms with E-state index in [0.717, 1.165) is 24.2 Å². The van der Waals surface area contributed by atoms with E-state index in [1.165, 1.54) is 0 Å². The van der Waals surface area contributed by atoms with Gasteiger partial charge in [-0.3, -0.25) is 4.79 Å². The highest BCUT2D eigenvalue weighted by atomic mass is 16.5. The minimum absolute atomic E-state index is 0.128. The Morgan fingerprint density at radius 3 is 2.81 bits per heavy atom. The number of hydrogen-bond acceptors (Lipinski definition) is 4. The molecule has 2 aliphatic rings. The molecule has 0 bridgehead atoms. The second-order valence-corrected chi connectivity index (χ2v) is 6.45. The van der Waals surface area contributed by atoms with E-state index in [0.29, 0.717) is 31.1 Å². The minimum Gasteiger partial charge on any atom is -0.490 e. The first-order chi connectivity index (χ1) is 12.7. The summed E-state index contributed by atoms with van der Waals surface area (Å²) in [4.78, 5) is 12.7. The Kier molecular flexibility index (Phi) is 6.29. The molecule has 3 rings (SSSR count). The summed E-state index contributed by atoms with van der Waals surface area (Å²) in [5, 5.41) is 0. The predicted molar refractivity (Wildman–Crippen MR) is 103 cm³/mol. The number of carbonyl (C=O) groups excluding carboxylic acids is 1. The van der Waals surface area contributed by atoms with Crippen LogP contribution in [0.25, 0.3) is 6.08 Å². The number of rotatable bonds is 7. The molecule has 0 aromatic heterocycles. The second kappa shape index (κ2) is 8.86. The van der Waals surface area contributed by atoms with Crippen LogP contribution in [0.4, 0.5) is 0 Å². The zero-order chi connectivity index (χ0) is 18.4. The second-order valence-electron chi connectivity index (χ2n) is 6.45. The Hall–Kier alpha value is -2.33. The number of hydrogen-bond donors (Lipinski definition) is 0. The fraction of sp³-hybridized carbons (Fsp3) is 0.409. The van der Waals surface area contributed by atoms with Gasteiger partial charge in [0.2, 0.25) is 0 Å². The maximum atomic E-state index is 12.7. The molecule has 1 aromatic carbocycles. The van der Waals surface area contributed by atoms with Gasteiger partial charge in [-0.15, -0.1) is 0 Å². The van der Waals surface area contributed by atoms with E-state index < -0.39 is 0 Å². The summed E-state index contributed by atoms with van der Waals surface area (Å²) in [6.45, 7) is 5.64. The first-order valence-electron chi connectivity index (χ1n) is 9.34. The third kappa shape index (κ3) is 4.25. The lowest BCUT2D eigenvalue weighted by molar-refractivity contribution is -0.125. The molecule has 1 saturated heterocycles. The van der Waals surface area contributed by atoms with Gasteiger partial charge in [0.15, 0.2) is 17.3 Å². The van der Waals surface area contributed by atoms with Gasteiger partial charge in [0, 0.05) is 5.57 Å². The predicted octanol–water partition coefficient (Wildman–Crippen LogP) is 4.36. The molecule has 2 atom stereocenters. The van der Waals surface area contributed by atoms with Crippen LogP contribution in [-0.2, 0) is 9.53 Å². The van der Waals surface area contributed by atoms with Crippen molar-refractivity contribution in [2.45, 2.75) is 32.8 Å². The van der Waals surface area contributed by atoms with Crippen molar-refractivity contribution in [3.63, 3.8) is 0 Å². The normalized spacial score (nSPS) is 23.2. The van der Waals surface area contributed by atoms with Crippen molar-refractivity contribution in [1.29, 1.82) is 0 Å². The number of fused-ring (bicyclic) bond motifs is 1. The Labute approximate surface area is 155 Å². The number of allylic oxidation sites excluding steroid dienone is 2. The summed E-state index contributed by atoms with van der Waals surface area (Å²) < 4.78 is 17.4. The number of Topliss-reactive ketones (excluding diaryl/α,β-unsaturated/α-hetero) is 1. The fourth-order valence-corrected chi connectivity index (χ4v) is 3.10. The first-order valence-corrected chi connectivity index (χ1v) is 9.34. The average Bonchev–Trinajstić information content (AvgIpc) is 2.66. The van der Waals surface area contributed by atoms with Crippen molar-refractivity contribution in [2.75, 3.05) is 19.8 Å². The summed E-state index contributed by atoms with van der Waals surface area (Å²) in [5.74, 6) is 1.36. The molecule has 1 heterocycles. The summed E-state index contributed by atoms with van der Waals surface area (Å²) >= 11 is 0. The molecule has 1 aliphatic carbocycles. The van der Waals surface area contributed by atoms with E-state index in [1.807, 2.05) is 55.5 Å². The van der Waals surface area contributed by atoms with Crippen LogP contribution in [0.3, 0.4) is 0 Å². The molecule has 0 amide bonds. The topological polar surface area (TPSA) is 44.8 Å². The molecule has 0 spiro atoms. The van der Waals surface area contributed by atoms with Gasteiger partial charge in [0.05, 0.1) is 31.8 Å². The molecule has 2 unspecified atom stereocenters. The molecule has 26 heavy (non-hydrogen) atoms.